The molecule has 0 aliphatic heterocycles. The van der Waals surface area contributed by atoms with Crippen LogP contribution in [0.1, 0.15) is 5.56 Å². The van der Waals surface area contributed by atoms with Gasteiger partial charge >= 0.3 is 0 Å². The Morgan fingerprint density at radius 2 is 2.30 bits per heavy atom. The maximum atomic E-state index is 10.8. The molecule has 4 heteroatoms. The predicted octanol–water partition coefficient (Wildman–Crippen LogP) is 2.10. The van der Waals surface area contributed by atoms with Crippen molar-refractivity contribution >= 4 is 27.5 Å². The Morgan fingerprint density at radius 3 is 2.80 bits per heavy atom. The van der Waals surface area contributed by atoms with Crippen molar-refractivity contribution in [1.82, 2.24) is 4.98 Å². The average Bonchev–Trinajstić information content (AvgIpc) is 1.84. The molecule has 0 spiro atoms. The largest absolute Gasteiger partial charge is 0.312 e. The summed E-state index contributed by atoms with van der Waals surface area (Å²) >= 11 is 8.69. The standard InChI is InChI=1S/C6H5BrClNO/c1-3-2-4(7)6(10)9-5(3)8/h2H,1H3,(H,9,10). The van der Waals surface area contributed by atoms with Crippen LogP contribution in [0.25, 0.3) is 0 Å². The number of pyridine rings is 1. The van der Waals surface area contributed by atoms with Crippen LogP contribution in [0, 0.1) is 6.92 Å². The van der Waals surface area contributed by atoms with Crippen molar-refractivity contribution in [1.29, 1.82) is 0 Å². The summed E-state index contributed by atoms with van der Waals surface area (Å²) in [5.41, 5.74) is 0.656. The van der Waals surface area contributed by atoms with Gasteiger partial charge in [-0.2, -0.15) is 0 Å². The molecular formula is C6H5BrClNO. The van der Waals surface area contributed by atoms with Gasteiger partial charge in [0.25, 0.3) is 5.56 Å². The molecule has 1 aromatic heterocycles. The second-order valence-electron chi connectivity index (χ2n) is 1.94. The minimum atomic E-state index is -0.199. The topological polar surface area (TPSA) is 32.9 Å². The van der Waals surface area contributed by atoms with Gasteiger partial charge in [-0.1, -0.05) is 11.6 Å². The SMILES string of the molecule is Cc1cc(Br)c(=O)[nH]c1Cl. The summed E-state index contributed by atoms with van der Waals surface area (Å²) in [6.45, 7) is 1.82. The molecule has 0 unspecified atom stereocenters. The van der Waals surface area contributed by atoms with Crippen molar-refractivity contribution in [3.05, 3.63) is 31.6 Å². The van der Waals surface area contributed by atoms with Crippen molar-refractivity contribution in [2.45, 2.75) is 6.92 Å². The number of hydrogen-bond acceptors (Lipinski definition) is 1. The fraction of sp³-hybridized carbons (Fsp3) is 0.167. The Kier molecular flexibility index (Phi) is 2.16. The highest BCUT2D eigenvalue weighted by Crippen LogP contribution is 2.12. The van der Waals surface area contributed by atoms with Gasteiger partial charge < -0.3 is 4.98 Å². The quantitative estimate of drug-likeness (QED) is 0.670. The second kappa shape index (κ2) is 2.76. The Hall–Kier alpha value is -0.280. The molecule has 0 saturated carbocycles. The number of aromatic nitrogens is 1. The molecule has 0 aliphatic carbocycles. The molecule has 0 aromatic carbocycles. The highest BCUT2D eigenvalue weighted by atomic mass is 79.9. The Labute approximate surface area is 71.3 Å². The van der Waals surface area contributed by atoms with Crippen LogP contribution >= 0.6 is 27.5 Å². The summed E-state index contributed by atoms with van der Waals surface area (Å²) in [6.07, 6.45) is 0. The molecule has 1 aromatic rings. The summed E-state index contributed by atoms with van der Waals surface area (Å²) in [5, 5.41) is 0.396. The molecule has 0 saturated heterocycles. The summed E-state index contributed by atoms with van der Waals surface area (Å²) in [5.74, 6) is 0. The smallest absolute Gasteiger partial charge is 0.263 e. The summed E-state index contributed by atoms with van der Waals surface area (Å²) in [7, 11) is 0. The first-order valence-electron chi connectivity index (χ1n) is 2.66. The molecule has 0 fully saturated rings. The zero-order valence-electron chi connectivity index (χ0n) is 5.24. The van der Waals surface area contributed by atoms with E-state index in [0.29, 0.717) is 9.63 Å². The lowest BCUT2D eigenvalue weighted by molar-refractivity contribution is 1.18. The van der Waals surface area contributed by atoms with Crippen molar-refractivity contribution in [3.63, 3.8) is 0 Å². The second-order valence-corrected chi connectivity index (χ2v) is 3.18. The number of hydrogen-bond donors (Lipinski definition) is 1. The number of aryl methyl sites for hydroxylation is 1. The van der Waals surface area contributed by atoms with E-state index in [1.165, 1.54) is 0 Å². The monoisotopic (exact) mass is 221 g/mol. The first-order valence-corrected chi connectivity index (χ1v) is 3.83. The fourth-order valence-electron chi connectivity index (χ4n) is 0.577. The van der Waals surface area contributed by atoms with E-state index in [0.717, 1.165) is 5.56 Å². The van der Waals surface area contributed by atoms with Crippen LogP contribution in [0.2, 0.25) is 5.15 Å². The number of nitrogens with one attached hydrogen (secondary N) is 1. The molecule has 0 amide bonds. The van der Waals surface area contributed by atoms with E-state index < -0.39 is 0 Å². The first-order chi connectivity index (χ1) is 4.61. The molecule has 2 nitrogen and oxygen atoms in total. The van der Waals surface area contributed by atoms with Crippen molar-refractivity contribution in [2.75, 3.05) is 0 Å². The lowest BCUT2D eigenvalue weighted by atomic mass is 10.3. The highest BCUT2D eigenvalue weighted by molar-refractivity contribution is 9.10. The number of H-pyrrole nitrogens is 1. The minimum absolute atomic E-state index is 0.199. The van der Waals surface area contributed by atoms with Crippen molar-refractivity contribution < 1.29 is 0 Å². The third-order valence-corrected chi connectivity index (χ3v) is 2.11. The number of halogens is 2. The molecule has 1 N–H and O–H groups in total. The van der Waals surface area contributed by atoms with E-state index in [-0.39, 0.29) is 5.56 Å². The van der Waals surface area contributed by atoms with Gasteiger partial charge in [0.15, 0.2) is 0 Å². The highest BCUT2D eigenvalue weighted by Gasteiger charge is 1.98. The van der Waals surface area contributed by atoms with E-state index in [9.17, 15) is 4.79 Å². The van der Waals surface area contributed by atoms with Gasteiger partial charge in [-0.15, -0.1) is 0 Å². The van der Waals surface area contributed by atoms with Crippen LogP contribution in [0.15, 0.2) is 15.3 Å². The van der Waals surface area contributed by atoms with Gasteiger partial charge in [0.05, 0.1) is 4.47 Å². The molecule has 54 valence electrons. The summed E-state index contributed by atoms with van der Waals surface area (Å²) in [4.78, 5) is 13.3. The molecule has 1 rings (SSSR count). The fourth-order valence-corrected chi connectivity index (χ4v) is 1.16. The lowest BCUT2D eigenvalue weighted by Crippen LogP contribution is -2.06. The molecule has 0 radical (unpaired) electrons. The van der Waals surface area contributed by atoms with Crippen LogP contribution in [0.3, 0.4) is 0 Å². The normalized spacial score (nSPS) is 9.90. The average molecular weight is 222 g/mol. The molecule has 0 aliphatic rings. The molecular weight excluding hydrogens is 217 g/mol. The van der Waals surface area contributed by atoms with Crippen molar-refractivity contribution in [3.8, 4) is 0 Å². The lowest BCUT2D eigenvalue weighted by Gasteiger charge is -1.95. The minimum Gasteiger partial charge on any atom is -0.312 e. The molecule has 0 bridgehead atoms. The van der Waals surface area contributed by atoms with Gasteiger partial charge in [0.2, 0.25) is 0 Å². The van der Waals surface area contributed by atoms with Gasteiger partial charge in [0.1, 0.15) is 5.15 Å². The predicted molar refractivity (Wildman–Crippen MR) is 44.5 cm³/mol. The van der Waals surface area contributed by atoms with Crippen LogP contribution < -0.4 is 5.56 Å². The van der Waals surface area contributed by atoms with Crippen LogP contribution in [-0.2, 0) is 0 Å². The van der Waals surface area contributed by atoms with E-state index in [1.807, 2.05) is 6.92 Å². The maximum Gasteiger partial charge on any atom is 0.263 e. The van der Waals surface area contributed by atoms with Crippen LogP contribution in [0.4, 0.5) is 0 Å². The zero-order chi connectivity index (χ0) is 7.72. The van der Waals surface area contributed by atoms with Crippen LogP contribution in [-0.4, -0.2) is 4.98 Å². The third-order valence-electron chi connectivity index (χ3n) is 1.13. The van der Waals surface area contributed by atoms with Gasteiger partial charge in [-0.3, -0.25) is 4.79 Å². The summed E-state index contributed by atoms with van der Waals surface area (Å²) < 4.78 is 0.509. The maximum absolute atomic E-state index is 10.8. The third kappa shape index (κ3) is 1.41. The van der Waals surface area contributed by atoms with E-state index >= 15 is 0 Å². The van der Waals surface area contributed by atoms with Gasteiger partial charge in [-0.05, 0) is 34.5 Å². The number of rotatable bonds is 0. The van der Waals surface area contributed by atoms with E-state index in [1.54, 1.807) is 6.07 Å². The van der Waals surface area contributed by atoms with Gasteiger partial charge in [-0.25, -0.2) is 0 Å². The van der Waals surface area contributed by atoms with Crippen LogP contribution in [0.5, 0.6) is 0 Å². The Morgan fingerprint density at radius 1 is 1.70 bits per heavy atom. The molecule has 1 heterocycles. The first kappa shape index (κ1) is 7.82. The Balaban J connectivity index is 3.43. The Bertz CT molecular complexity index is 307. The van der Waals surface area contributed by atoms with Crippen molar-refractivity contribution in [2.24, 2.45) is 0 Å². The summed E-state index contributed by atoms with van der Waals surface area (Å²) in [6, 6.07) is 1.68. The van der Waals surface area contributed by atoms with E-state index in [4.69, 9.17) is 11.6 Å². The molecule has 10 heavy (non-hydrogen) atoms. The molecule has 0 atom stereocenters. The van der Waals surface area contributed by atoms with E-state index in [2.05, 4.69) is 20.9 Å². The zero-order valence-corrected chi connectivity index (χ0v) is 7.58. The van der Waals surface area contributed by atoms with Gasteiger partial charge in [0, 0.05) is 0 Å². The number of aromatic amines is 1.